The van der Waals surface area contributed by atoms with Crippen LogP contribution in [0.15, 0.2) is 23.3 Å². The minimum absolute atomic E-state index is 0.136. The molecule has 0 saturated heterocycles. The van der Waals surface area contributed by atoms with Crippen LogP contribution in [-0.4, -0.2) is 13.0 Å². The number of amides is 1. The van der Waals surface area contributed by atoms with Gasteiger partial charge in [-0.1, -0.05) is 11.6 Å². The largest absolute Gasteiger partial charge is 0.495 e. The van der Waals surface area contributed by atoms with E-state index in [1.807, 2.05) is 0 Å². The second-order valence-electron chi connectivity index (χ2n) is 4.95. The summed E-state index contributed by atoms with van der Waals surface area (Å²) in [6.45, 7) is 1.74. The van der Waals surface area contributed by atoms with Crippen LogP contribution < -0.4 is 9.64 Å². The van der Waals surface area contributed by atoms with E-state index in [4.69, 9.17) is 16.3 Å². The quantitative estimate of drug-likeness (QED) is 0.829. The highest BCUT2D eigenvalue weighted by atomic mass is 35.5. The van der Waals surface area contributed by atoms with Gasteiger partial charge in [-0.15, -0.1) is 0 Å². The second kappa shape index (κ2) is 5.09. The van der Waals surface area contributed by atoms with Crippen molar-refractivity contribution < 1.29 is 13.9 Å². The molecule has 0 unspecified atom stereocenters. The topological polar surface area (TPSA) is 29.5 Å². The summed E-state index contributed by atoms with van der Waals surface area (Å²) in [6.07, 6.45) is 3.74. The molecule has 0 saturated carbocycles. The lowest BCUT2D eigenvalue weighted by atomic mass is 9.94. The Kier molecular flexibility index (Phi) is 3.42. The lowest BCUT2D eigenvalue weighted by Gasteiger charge is -2.18. The summed E-state index contributed by atoms with van der Waals surface area (Å²) in [7, 11) is 1.46. The molecule has 0 N–H and O–H groups in total. The Labute approximate surface area is 122 Å². The number of halogens is 2. The smallest absolute Gasteiger partial charge is 0.254 e. The molecule has 20 heavy (non-hydrogen) atoms. The number of carbonyl (C=O) groups excluding carboxylic acids is 1. The van der Waals surface area contributed by atoms with Crippen LogP contribution in [-0.2, 0) is 4.79 Å². The van der Waals surface area contributed by atoms with Crippen molar-refractivity contribution in [1.29, 1.82) is 0 Å². The van der Waals surface area contributed by atoms with E-state index in [1.54, 1.807) is 6.54 Å². The van der Waals surface area contributed by atoms with Crippen molar-refractivity contribution in [3.05, 3.63) is 40.7 Å². The van der Waals surface area contributed by atoms with E-state index in [-0.39, 0.29) is 16.6 Å². The van der Waals surface area contributed by atoms with Crippen LogP contribution in [0.2, 0.25) is 5.02 Å². The van der Waals surface area contributed by atoms with E-state index in [9.17, 15) is 9.18 Å². The third-order valence-electron chi connectivity index (χ3n) is 3.75. The zero-order valence-corrected chi connectivity index (χ0v) is 11.8. The lowest BCUT2D eigenvalue weighted by molar-refractivity contribution is -0.114. The molecule has 1 aliphatic carbocycles. The first-order chi connectivity index (χ1) is 9.61. The number of hydrogen-bond acceptors (Lipinski definition) is 2. The second-order valence-corrected chi connectivity index (χ2v) is 5.36. The van der Waals surface area contributed by atoms with Crippen LogP contribution in [0.5, 0.6) is 5.75 Å². The predicted molar refractivity (Wildman–Crippen MR) is 75.2 cm³/mol. The summed E-state index contributed by atoms with van der Waals surface area (Å²) < 4.78 is 19.2. The van der Waals surface area contributed by atoms with E-state index in [0.717, 1.165) is 36.8 Å². The fraction of sp³-hybridized carbons (Fsp3) is 0.333. The molecule has 0 bridgehead atoms. The van der Waals surface area contributed by atoms with Gasteiger partial charge in [0, 0.05) is 11.6 Å². The molecule has 0 spiro atoms. The van der Waals surface area contributed by atoms with Crippen molar-refractivity contribution in [2.24, 2.45) is 0 Å². The molecule has 1 aliphatic heterocycles. The number of carbonyl (C=O) groups is 1. The van der Waals surface area contributed by atoms with Crippen LogP contribution in [0.1, 0.15) is 25.7 Å². The molecule has 3 rings (SSSR count). The fourth-order valence-electron chi connectivity index (χ4n) is 2.71. The van der Waals surface area contributed by atoms with Gasteiger partial charge in [-0.2, -0.15) is 0 Å². The SMILES string of the molecule is COc1cc(N2[CH]C3=C(CCCC3)C2=O)c(F)cc1Cl. The number of benzene rings is 1. The minimum atomic E-state index is -0.528. The molecule has 1 aromatic rings. The average Bonchev–Trinajstić information content (AvgIpc) is 2.77. The highest BCUT2D eigenvalue weighted by molar-refractivity contribution is 6.32. The number of anilines is 1. The highest BCUT2D eigenvalue weighted by Crippen LogP contribution is 2.40. The van der Waals surface area contributed by atoms with Crippen LogP contribution in [0.25, 0.3) is 0 Å². The molecule has 2 aliphatic rings. The first-order valence-electron chi connectivity index (χ1n) is 6.55. The summed E-state index contributed by atoms with van der Waals surface area (Å²) in [5, 5.41) is 0.193. The molecule has 1 aromatic carbocycles. The molecule has 1 radical (unpaired) electrons. The Morgan fingerprint density at radius 1 is 1.30 bits per heavy atom. The van der Waals surface area contributed by atoms with Gasteiger partial charge in [0.1, 0.15) is 11.6 Å². The first kappa shape index (κ1) is 13.4. The summed E-state index contributed by atoms with van der Waals surface area (Å²) in [5.41, 5.74) is 2.02. The minimum Gasteiger partial charge on any atom is -0.495 e. The number of hydrogen-bond donors (Lipinski definition) is 0. The number of rotatable bonds is 2. The van der Waals surface area contributed by atoms with Gasteiger partial charge in [0.2, 0.25) is 0 Å². The predicted octanol–water partition coefficient (Wildman–Crippen LogP) is 3.87. The van der Waals surface area contributed by atoms with E-state index < -0.39 is 5.82 Å². The molecule has 3 nitrogen and oxygen atoms in total. The third-order valence-corrected chi connectivity index (χ3v) is 4.05. The Bertz CT molecular complexity index is 612. The van der Waals surface area contributed by atoms with Crippen LogP contribution in [0, 0.1) is 12.4 Å². The standard InChI is InChI=1S/C15H14ClFNO2/c1-20-14-7-13(12(17)6-11(14)16)18-8-9-4-2-3-5-10(9)15(18)19/h6-8H,2-5H2,1H3. The monoisotopic (exact) mass is 294 g/mol. The molecule has 105 valence electrons. The molecule has 1 amide bonds. The zero-order valence-electron chi connectivity index (χ0n) is 11.1. The molecule has 0 aromatic heterocycles. The Morgan fingerprint density at radius 2 is 2.05 bits per heavy atom. The van der Waals surface area contributed by atoms with Gasteiger partial charge < -0.3 is 4.74 Å². The summed E-state index contributed by atoms with van der Waals surface area (Å²) in [4.78, 5) is 13.7. The third kappa shape index (κ3) is 2.08. The number of nitrogens with zero attached hydrogens (tertiary/aromatic N) is 1. The van der Waals surface area contributed by atoms with Crippen molar-refractivity contribution in [3.8, 4) is 5.75 Å². The average molecular weight is 295 g/mol. The normalized spacial score (nSPS) is 18.6. The van der Waals surface area contributed by atoms with Crippen LogP contribution in [0.3, 0.4) is 0 Å². The molecule has 0 atom stereocenters. The van der Waals surface area contributed by atoms with E-state index >= 15 is 0 Å². The molecule has 0 fully saturated rings. The molecule has 1 heterocycles. The summed E-state index contributed by atoms with van der Waals surface area (Å²) in [6, 6.07) is 2.64. The van der Waals surface area contributed by atoms with Gasteiger partial charge in [-0.3, -0.25) is 9.69 Å². The van der Waals surface area contributed by atoms with Crippen LogP contribution in [0.4, 0.5) is 10.1 Å². The molecular formula is C15H14ClFNO2. The van der Waals surface area contributed by atoms with Gasteiger partial charge in [0.25, 0.3) is 5.91 Å². The maximum absolute atomic E-state index is 14.1. The lowest BCUT2D eigenvalue weighted by Crippen LogP contribution is -2.24. The molecular weight excluding hydrogens is 281 g/mol. The van der Waals surface area contributed by atoms with Gasteiger partial charge >= 0.3 is 0 Å². The summed E-state index contributed by atoms with van der Waals surface area (Å²) >= 11 is 5.88. The Morgan fingerprint density at radius 3 is 2.75 bits per heavy atom. The van der Waals surface area contributed by atoms with Crippen LogP contribution >= 0.6 is 11.6 Å². The summed E-state index contributed by atoms with van der Waals surface area (Å²) in [5.74, 6) is -0.308. The maximum atomic E-state index is 14.1. The van der Waals surface area contributed by atoms with Crippen molar-refractivity contribution in [1.82, 2.24) is 0 Å². The van der Waals surface area contributed by atoms with Crippen molar-refractivity contribution in [2.45, 2.75) is 25.7 Å². The van der Waals surface area contributed by atoms with E-state index in [1.165, 1.54) is 24.1 Å². The van der Waals surface area contributed by atoms with Crippen molar-refractivity contribution >= 4 is 23.2 Å². The van der Waals surface area contributed by atoms with Crippen molar-refractivity contribution in [2.75, 3.05) is 12.0 Å². The van der Waals surface area contributed by atoms with E-state index in [2.05, 4.69) is 0 Å². The van der Waals surface area contributed by atoms with Gasteiger partial charge in [-0.25, -0.2) is 4.39 Å². The van der Waals surface area contributed by atoms with Gasteiger partial charge in [0.15, 0.2) is 0 Å². The number of ether oxygens (including phenoxy) is 1. The zero-order chi connectivity index (χ0) is 14.3. The number of methoxy groups -OCH3 is 1. The fourth-order valence-corrected chi connectivity index (χ4v) is 2.94. The maximum Gasteiger partial charge on any atom is 0.254 e. The Balaban J connectivity index is 1.97. The molecule has 5 heteroatoms. The first-order valence-corrected chi connectivity index (χ1v) is 6.93. The highest BCUT2D eigenvalue weighted by Gasteiger charge is 2.34. The van der Waals surface area contributed by atoms with Gasteiger partial charge in [0.05, 0.1) is 24.4 Å². The van der Waals surface area contributed by atoms with Gasteiger partial charge in [-0.05, 0) is 37.3 Å². The van der Waals surface area contributed by atoms with E-state index in [0.29, 0.717) is 5.75 Å². The van der Waals surface area contributed by atoms with Crippen molar-refractivity contribution in [3.63, 3.8) is 0 Å². The Hall–Kier alpha value is -1.55.